The Morgan fingerprint density at radius 2 is 1.79 bits per heavy atom. The average molecular weight is 265 g/mol. The van der Waals surface area contributed by atoms with Crippen molar-refractivity contribution in [3.8, 4) is 0 Å². The molecule has 0 saturated heterocycles. The van der Waals surface area contributed by atoms with Gasteiger partial charge in [0.1, 0.15) is 5.70 Å². The van der Waals surface area contributed by atoms with Crippen LogP contribution in [0.4, 0.5) is 0 Å². The first kappa shape index (κ1) is 14.1. The predicted molar refractivity (Wildman–Crippen MR) is 72.3 cm³/mol. The Kier molecular flexibility index (Phi) is 3.97. The minimum absolute atomic E-state index is 0.0263. The number of hydrogen-bond donors (Lipinski definition) is 2. The van der Waals surface area contributed by atoms with E-state index < -0.39 is 5.97 Å². The first-order valence-electron chi connectivity index (χ1n) is 7.16. The zero-order chi connectivity index (χ0) is 14.0. The summed E-state index contributed by atoms with van der Waals surface area (Å²) in [5.74, 6) is -0.916. The van der Waals surface area contributed by atoms with Gasteiger partial charge in [0.25, 0.3) is 0 Å². The maximum absolute atomic E-state index is 12.0. The molecule has 106 valence electrons. The number of carbonyl (C=O) groups excluding carboxylic acids is 1. The lowest BCUT2D eigenvalue weighted by Crippen LogP contribution is -2.30. The van der Waals surface area contributed by atoms with E-state index in [1.165, 1.54) is 6.42 Å². The molecule has 1 amide bonds. The van der Waals surface area contributed by atoms with Gasteiger partial charge in [-0.15, -0.1) is 0 Å². The quantitative estimate of drug-likeness (QED) is 0.768. The van der Waals surface area contributed by atoms with Crippen LogP contribution in [0.15, 0.2) is 11.8 Å². The van der Waals surface area contributed by atoms with Crippen LogP contribution in [-0.2, 0) is 9.59 Å². The molecule has 0 bridgehead atoms. The van der Waals surface area contributed by atoms with E-state index >= 15 is 0 Å². The van der Waals surface area contributed by atoms with E-state index in [-0.39, 0.29) is 22.9 Å². The maximum atomic E-state index is 12.0. The van der Waals surface area contributed by atoms with Crippen LogP contribution in [0.2, 0.25) is 0 Å². The van der Waals surface area contributed by atoms with Gasteiger partial charge in [-0.1, -0.05) is 39.2 Å². The van der Waals surface area contributed by atoms with Crippen LogP contribution in [0.25, 0.3) is 0 Å². The van der Waals surface area contributed by atoms with Crippen molar-refractivity contribution in [3.05, 3.63) is 11.8 Å². The van der Waals surface area contributed by atoms with Crippen LogP contribution in [0.5, 0.6) is 0 Å². The van der Waals surface area contributed by atoms with Crippen molar-refractivity contribution in [1.82, 2.24) is 5.32 Å². The van der Waals surface area contributed by atoms with E-state index in [2.05, 4.69) is 5.32 Å². The molecule has 0 spiro atoms. The van der Waals surface area contributed by atoms with Crippen LogP contribution >= 0.6 is 0 Å². The lowest BCUT2D eigenvalue weighted by molar-refractivity contribution is -0.135. The molecule has 0 aliphatic heterocycles. The normalized spacial score (nSPS) is 26.8. The molecule has 2 aliphatic rings. The first-order valence-corrected chi connectivity index (χ1v) is 7.16. The van der Waals surface area contributed by atoms with Gasteiger partial charge < -0.3 is 10.4 Å². The first-order chi connectivity index (χ1) is 8.90. The van der Waals surface area contributed by atoms with Crippen LogP contribution < -0.4 is 5.32 Å². The third-order valence-electron chi connectivity index (χ3n) is 4.37. The van der Waals surface area contributed by atoms with Gasteiger partial charge >= 0.3 is 5.97 Å². The van der Waals surface area contributed by atoms with Gasteiger partial charge in [-0.25, -0.2) is 4.79 Å². The van der Waals surface area contributed by atoms with Crippen LogP contribution in [0.1, 0.15) is 52.4 Å². The van der Waals surface area contributed by atoms with Crippen molar-refractivity contribution in [1.29, 1.82) is 0 Å². The molecular weight excluding hydrogens is 242 g/mol. The van der Waals surface area contributed by atoms with Crippen LogP contribution in [0.3, 0.4) is 0 Å². The average Bonchev–Trinajstić information content (AvgIpc) is 2.99. The summed E-state index contributed by atoms with van der Waals surface area (Å²) < 4.78 is 0. The number of hydrogen-bond acceptors (Lipinski definition) is 2. The summed E-state index contributed by atoms with van der Waals surface area (Å²) >= 11 is 0. The summed E-state index contributed by atoms with van der Waals surface area (Å²) in [4.78, 5) is 23.2. The highest BCUT2D eigenvalue weighted by Gasteiger charge is 2.50. The summed E-state index contributed by atoms with van der Waals surface area (Å²) in [5, 5.41) is 11.8. The molecule has 0 aromatic rings. The van der Waals surface area contributed by atoms with Gasteiger partial charge in [0.15, 0.2) is 0 Å². The van der Waals surface area contributed by atoms with Crippen LogP contribution in [0, 0.1) is 17.3 Å². The number of nitrogens with one attached hydrogen (secondary N) is 1. The van der Waals surface area contributed by atoms with E-state index in [0.717, 1.165) is 32.1 Å². The summed E-state index contributed by atoms with van der Waals surface area (Å²) in [7, 11) is 0. The Bertz CT molecular complexity index is 406. The Morgan fingerprint density at radius 1 is 1.21 bits per heavy atom. The third-order valence-corrected chi connectivity index (χ3v) is 4.37. The molecule has 0 aromatic carbocycles. The molecule has 0 heterocycles. The standard InChI is InChI=1S/C15H23NO3/c1-15(2)9-11(15)13(17)16-12(14(18)19)8-10-6-4-3-5-7-10/h8,10-11H,3-7,9H2,1-2H3,(H,16,17)(H,18,19). The monoisotopic (exact) mass is 265 g/mol. The van der Waals surface area contributed by atoms with Crippen molar-refractivity contribution in [2.45, 2.75) is 52.4 Å². The van der Waals surface area contributed by atoms with E-state index in [0.29, 0.717) is 5.92 Å². The Hall–Kier alpha value is -1.32. The number of rotatable bonds is 4. The van der Waals surface area contributed by atoms with Gasteiger partial charge in [-0.2, -0.15) is 0 Å². The molecule has 2 rings (SSSR count). The smallest absolute Gasteiger partial charge is 0.352 e. The molecule has 2 N–H and O–H groups in total. The maximum Gasteiger partial charge on any atom is 0.352 e. The molecule has 19 heavy (non-hydrogen) atoms. The molecular formula is C15H23NO3. The van der Waals surface area contributed by atoms with E-state index in [1.807, 2.05) is 13.8 Å². The number of amides is 1. The van der Waals surface area contributed by atoms with Crippen molar-refractivity contribution in [2.24, 2.45) is 17.3 Å². The Labute approximate surface area is 114 Å². The zero-order valence-electron chi connectivity index (χ0n) is 11.7. The zero-order valence-corrected chi connectivity index (χ0v) is 11.7. The van der Waals surface area contributed by atoms with E-state index in [9.17, 15) is 14.7 Å². The number of carboxylic acid groups (broad SMARTS) is 1. The van der Waals surface area contributed by atoms with Gasteiger partial charge in [0.05, 0.1) is 0 Å². The minimum atomic E-state index is -1.03. The second-order valence-electron chi connectivity index (χ2n) is 6.52. The fourth-order valence-corrected chi connectivity index (χ4v) is 2.84. The number of carboxylic acids is 1. The molecule has 1 atom stereocenters. The largest absolute Gasteiger partial charge is 0.477 e. The van der Waals surface area contributed by atoms with Crippen molar-refractivity contribution in [3.63, 3.8) is 0 Å². The summed E-state index contributed by atoms with van der Waals surface area (Å²) in [6.45, 7) is 4.06. The van der Waals surface area contributed by atoms with Crippen molar-refractivity contribution >= 4 is 11.9 Å². The van der Waals surface area contributed by atoms with Gasteiger partial charge in [-0.05, 0) is 30.6 Å². The van der Waals surface area contributed by atoms with Crippen molar-refractivity contribution in [2.75, 3.05) is 0 Å². The van der Waals surface area contributed by atoms with Gasteiger partial charge in [0.2, 0.25) is 5.91 Å². The number of aliphatic carboxylic acids is 1. The molecule has 2 fully saturated rings. The molecule has 1 unspecified atom stereocenters. The van der Waals surface area contributed by atoms with Gasteiger partial charge in [-0.3, -0.25) is 4.79 Å². The molecule has 2 aliphatic carbocycles. The van der Waals surface area contributed by atoms with Crippen molar-refractivity contribution < 1.29 is 14.7 Å². The highest BCUT2D eigenvalue weighted by molar-refractivity contribution is 5.94. The Balaban J connectivity index is 1.98. The minimum Gasteiger partial charge on any atom is -0.477 e. The summed E-state index contributed by atoms with van der Waals surface area (Å²) in [5.41, 5.74) is 0.0954. The number of carbonyl (C=O) groups is 2. The lowest BCUT2D eigenvalue weighted by Gasteiger charge is -2.19. The van der Waals surface area contributed by atoms with E-state index in [4.69, 9.17) is 0 Å². The topological polar surface area (TPSA) is 66.4 Å². The second kappa shape index (κ2) is 5.35. The molecule has 4 heteroatoms. The predicted octanol–water partition coefficient (Wildman–Crippen LogP) is 2.70. The van der Waals surface area contributed by atoms with E-state index in [1.54, 1.807) is 6.08 Å². The van der Waals surface area contributed by atoms with Gasteiger partial charge in [0, 0.05) is 5.92 Å². The highest BCUT2D eigenvalue weighted by Crippen LogP contribution is 2.51. The lowest BCUT2D eigenvalue weighted by atomic mass is 9.88. The second-order valence-corrected chi connectivity index (χ2v) is 6.52. The fraction of sp³-hybridized carbons (Fsp3) is 0.733. The SMILES string of the molecule is CC1(C)CC1C(=O)NC(=CC1CCCCC1)C(=O)O. The molecule has 0 radical (unpaired) electrons. The highest BCUT2D eigenvalue weighted by atomic mass is 16.4. The third kappa shape index (κ3) is 3.58. The summed E-state index contributed by atoms with van der Waals surface area (Å²) in [6, 6.07) is 0. The number of allylic oxidation sites excluding steroid dienone is 1. The molecule has 4 nitrogen and oxygen atoms in total. The van der Waals surface area contributed by atoms with Crippen LogP contribution in [-0.4, -0.2) is 17.0 Å². The molecule has 0 aromatic heterocycles. The fourth-order valence-electron chi connectivity index (χ4n) is 2.84. The Morgan fingerprint density at radius 3 is 2.26 bits per heavy atom. The molecule has 2 saturated carbocycles. The summed E-state index contributed by atoms with van der Waals surface area (Å²) in [6.07, 6.45) is 8.18.